The lowest BCUT2D eigenvalue weighted by Gasteiger charge is -2.12. The number of hydrogen-bond acceptors (Lipinski definition) is 2. The largest absolute Gasteiger partial charge is 0.396 e. The predicted octanol–water partition coefficient (Wildman–Crippen LogP) is 2.31. The molecule has 0 heterocycles. The second-order valence-corrected chi connectivity index (χ2v) is 4.34. The van der Waals surface area contributed by atoms with Crippen LogP contribution in [0.1, 0.15) is 18.9 Å². The van der Waals surface area contributed by atoms with Crippen molar-refractivity contribution < 1.29 is 5.11 Å². The van der Waals surface area contributed by atoms with E-state index in [0.717, 1.165) is 17.4 Å². The molecule has 2 nitrogen and oxygen atoms in total. The molecular formula is C11H16BrNO. The molecule has 1 aromatic rings. The highest BCUT2D eigenvalue weighted by Crippen LogP contribution is 2.11. The summed E-state index contributed by atoms with van der Waals surface area (Å²) in [5.74, 6) is 0. The van der Waals surface area contributed by atoms with E-state index in [2.05, 4.69) is 40.3 Å². The van der Waals surface area contributed by atoms with Crippen molar-refractivity contribution in [2.45, 2.75) is 25.9 Å². The molecule has 0 spiro atoms. The Bertz CT molecular complexity index is 278. The van der Waals surface area contributed by atoms with Crippen molar-refractivity contribution in [2.75, 3.05) is 6.61 Å². The highest BCUT2D eigenvalue weighted by Gasteiger charge is 2.00. The van der Waals surface area contributed by atoms with Gasteiger partial charge in [0.05, 0.1) is 0 Å². The lowest BCUT2D eigenvalue weighted by atomic mass is 10.2. The first-order chi connectivity index (χ1) is 6.72. The van der Waals surface area contributed by atoms with Gasteiger partial charge in [0.1, 0.15) is 0 Å². The van der Waals surface area contributed by atoms with E-state index >= 15 is 0 Å². The molecule has 78 valence electrons. The topological polar surface area (TPSA) is 32.3 Å². The molecular weight excluding hydrogens is 242 g/mol. The quantitative estimate of drug-likeness (QED) is 0.849. The Balaban J connectivity index is 2.37. The van der Waals surface area contributed by atoms with Crippen LogP contribution in [0.2, 0.25) is 0 Å². The smallest absolute Gasteiger partial charge is 0.0445 e. The summed E-state index contributed by atoms with van der Waals surface area (Å²) in [6, 6.07) is 8.58. The number of aliphatic hydroxyl groups is 1. The first kappa shape index (κ1) is 11.7. The summed E-state index contributed by atoms with van der Waals surface area (Å²) in [7, 11) is 0. The highest BCUT2D eigenvalue weighted by atomic mass is 79.9. The maximum Gasteiger partial charge on any atom is 0.0445 e. The molecule has 0 fully saturated rings. The van der Waals surface area contributed by atoms with E-state index < -0.39 is 0 Å². The lowest BCUT2D eigenvalue weighted by Crippen LogP contribution is -2.26. The molecule has 0 aromatic heterocycles. The lowest BCUT2D eigenvalue weighted by molar-refractivity contribution is 0.268. The summed E-state index contributed by atoms with van der Waals surface area (Å²) in [5.41, 5.74) is 1.25. The van der Waals surface area contributed by atoms with Crippen LogP contribution in [0.4, 0.5) is 0 Å². The normalized spacial score (nSPS) is 12.8. The van der Waals surface area contributed by atoms with E-state index in [0.29, 0.717) is 6.04 Å². The molecule has 0 aliphatic carbocycles. The van der Waals surface area contributed by atoms with Gasteiger partial charge in [-0.05, 0) is 31.0 Å². The Morgan fingerprint density at radius 2 is 2.29 bits per heavy atom. The van der Waals surface area contributed by atoms with Crippen molar-refractivity contribution >= 4 is 15.9 Å². The summed E-state index contributed by atoms with van der Waals surface area (Å²) in [4.78, 5) is 0. The number of nitrogens with one attached hydrogen (secondary N) is 1. The van der Waals surface area contributed by atoms with E-state index in [-0.39, 0.29) is 6.61 Å². The zero-order chi connectivity index (χ0) is 10.4. The Labute approximate surface area is 93.5 Å². The summed E-state index contributed by atoms with van der Waals surface area (Å²) >= 11 is 3.43. The minimum Gasteiger partial charge on any atom is -0.396 e. The van der Waals surface area contributed by atoms with Crippen molar-refractivity contribution in [1.29, 1.82) is 0 Å². The summed E-state index contributed by atoms with van der Waals surface area (Å²) in [5, 5.41) is 12.1. The van der Waals surface area contributed by atoms with Gasteiger partial charge in [0.2, 0.25) is 0 Å². The van der Waals surface area contributed by atoms with E-state index in [1.165, 1.54) is 5.56 Å². The SMILES string of the molecule is CC(CCO)NCc1cccc(Br)c1. The first-order valence-electron chi connectivity index (χ1n) is 4.81. The van der Waals surface area contributed by atoms with Crippen molar-refractivity contribution in [3.8, 4) is 0 Å². The van der Waals surface area contributed by atoms with Gasteiger partial charge in [0, 0.05) is 23.7 Å². The second kappa shape index (κ2) is 6.17. The number of aliphatic hydroxyl groups excluding tert-OH is 1. The molecule has 1 atom stereocenters. The van der Waals surface area contributed by atoms with Crippen LogP contribution >= 0.6 is 15.9 Å². The molecule has 0 saturated heterocycles. The standard InChI is InChI=1S/C11H16BrNO/c1-9(5-6-14)13-8-10-3-2-4-11(12)7-10/h2-4,7,9,13-14H,5-6,8H2,1H3. The minimum atomic E-state index is 0.243. The van der Waals surface area contributed by atoms with Gasteiger partial charge in [-0.15, -0.1) is 0 Å². The van der Waals surface area contributed by atoms with E-state index in [4.69, 9.17) is 5.11 Å². The molecule has 1 unspecified atom stereocenters. The van der Waals surface area contributed by atoms with Gasteiger partial charge >= 0.3 is 0 Å². The van der Waals surface area contributed by atoms with Crippen LogP contribution in [-0.2, 0) is 6.54 Å². The third-order valence-electron chi connectivity index (χ3n) is 2.11. The van der Waals surface area contributed by atoms with Gasteiger partial charge in [-0.3, -0.25) is 0 Å². The van der Waals surface area contributed by atoms with E-state index in [1.54, 1.807) is 0 Å². The van der Waals surface area contributed by atoms with Gasteiger partial charge in [-0.25, -0.2) is 0 Å². The number of halogens is 1. The fourth-order valence-corrected chi connectivity index (χ4v) is 1.68. The molecule has 0 bridgehead atoms. The van der Waals surface area contributed by atoms with Gasteiger partial charge in [-0.1, -0.05) is 28.1 Å². The van der Waals surface area contributed by atoms with Crippen molar-refractivity contribution in [2.24, 2.45) is 0 Å². The van der Waals surface area contributed by atoms with Crippen LogP contribution in [0.25, 0.3) is 0 Å². The molecule has 0 amide bonds. The van der Waals surface area contributed by atoms with Crippen LogP contribution in [0.15, 0.2) is 28.7 Å². The van der Waals surface area contributed by atoms with Crippen LogP contribution in [0.5, 0.6) is 0 Å². The summed E-state index contributed by atoms with van der Waals surface area (Å²) in [6.45, 7) is 3.17. The average molecular weight is 258 g/mol. The fraction of sp³-hybridized carbons (Fsp3) is 0.455. The second-order valence-electron chi connectivity index (χ2n) is 3.42. The first-order valence-corrected chi connectivity index (χ1v) is 5.60. The Kier molecular flexibility index (Phi) is 5.15. The van der Waals surface area contributed by atoms with Crippen molar-refractivity contribution in [3.05, 3.63) is 34.3 Å². The van der Waals surface area contributed by atoms with Crippen LogP contribution < -0.4 is 5.32 Å². The predicted molar refractivity (Wildman–Crippen MR) is 62.1 cm³/mol. The van der Waals surface area contributed by atoms with E-state index in [9.17, 15) is 0 Å². The summed E-state index contributed by atoms with van der Waals surface area (Å²) < 4.78 is 1.10. The van der Waals surface area contributed by atoms with Crippen LogP contribution in [0, 0.1) is 0 Å². The Hall–Kier alpha value is -0.380. The third-order valence-corrected chi connectivity index (χ3v) is 2.60. The molecule has 3 heteroatoms. The zero-order valence-corrected chi connectivity index (χ0v) is 9.92. The van der Waals surface area contributed by atoms with E-state index in [1.807, 2.05) is 12.1 Å². The minimum absolute atomic E-state index is 0.243. The number of benzene rings is 1. The molecule has 14 heavy (non-hydrogen) atoms. The molecule has 2 N–H and O–H groups in total. The average Bonchev–Trinajstić information content (AvgIpc) is 2.15. The molecule has 1 rings (SSSR count). The fourth-order valence-electron chi connectivity index (χ4n) is 1.23. The summed E-state index contributed by atoms with van der Waals surface area (Å²) in [6.07, 6.45) is 0.800. The van der Waals surface area contributed by atoms with Crippen molar-refractivity contribution in [3.63, 3.8) is 0 Å². The van der Waals surface area contributed by atoms with Gasteiger partial charge in [0.15, 0.2) is 0 Å². The Morgan fingerprint density at radius 1 is 1.50 bits per heavy atom. The Morgan fingerprint density at radius 3 is 2.93 bits per heavy atom. The van der Waals surface area contributed by atoms with Gasteiger partial charge < -0.3 is 10.4 Å². The monoisotopic (exact) mass is 257 g/mol. The van der Waals surface area contributed by atoms with Gasteiger partial charge in [-0.2, -0.15) is 0 Å². The molecule has 1 aromatic carbocycles. The zero-order valence-electron chi connectivity index (χ0n) is 8.33. The van der Waals surface area contributed by atoms with Gasteiger partial charge in [0.25, 0.3) is 0 Å². The van der Waals surface area contributed by atoms with Crippen LogP contribution in [-0.4, -0.2) is 17.8 Å². The van der Waals surface area contributed by atoms with Crippen LogP contribution in [0.3, 0.4) is 0 Å². The molecule has 0 aliphatic rings. The third kappa shape index (κ3) is 4.22. The highest BCUT2D eigenvalue weighted by molar-refractivity contribution is 9.10. The van der Waals surface area contributed by atoms with Crippen molar-refractivity contribution in [1.82, 2.24) is 5.32 Å². The maximum atomic E-state index is 8.73. The maximum absolute atomic E-state index is 8.73. The molecule has 0 saturated carbocycles. The molecule has 0 radical (unpaired) electrons. The number of hydrogen-bond donors (Lipinski definition) is 2. The number of rotatable bonds is 5. The molecule has 0 aliphatic heterocycles.